The molecule has 1 aromatic heterocycles. The van der Waals surface area contributed by atoms with Gasteiger partial charge in [-0.05, 0) is 36.6 Å². The van der Waals surface area contributed by atoms with Gasteiger partial charge in [-0.25, -0.2) is 4.79 Å². The first-order valence-electron chi connectivity index (χ1n) is 5.79. The lowest BCUT2D eigenvalue weighted by Gasteiger charge is -2.26. The maximum atomic E-state index is 10.9. The van der Waals surface area contributed by atoms with Gasteiger partial charge in [0.05, 0.1) is 0 Å². The van der Waals surface area contributed by atoms with E-state index < -0.39 is 5.76 Å². The van der Waals surface area contributed by atoms with E-state index in [4.69, 9.17) is 5.73 Å². The monoisotopic (exact) mass is 225 g/mol. The van der Waals surface area contributed by atoms with Crippen LogP contribution in [0.1, 0.15) is 32.5 Å². The molecule has 1 fully saturated rings. The van der Waals surface area contributed by atoms with Crippen molar-refractivity contribution >= 4 is 0 Å². The fourth-order valence-electron chi connectivity index (χ4n) is 2.93. The average Bonchev–Trinajstić information content (AvgIpc) is 2.74. The zero-order valence-corrected chi connectivity index (χ0v) is 9.82. The minimum absolute atomic E-state index is 0.0820. The van der Waals surface area contributed by atoms with Gasteiger partial charge < -0.3 is 5.73 Å². The van der Waals surface area contributed by atoms with Crippen LogP contribution in [0.2, 0.25) is 0 Å². The molecule has 0 bridgehead atoms. The van der Waals surface area contributed by atoms with E-state index in [1.165, 1.54) is 0 Å². The Morgan fingerprint density at radius 3 is 2.56 bits per heavy atom. The molecule has 0 aromatic carbocycles. The second kappa shape index (κ2) is 4.05. The molecule has 1 aliphatic carbocycles. The first-order chi connectivity index (χ1) is 7.54. The van der Waals surface area contributed by atoms with Gasteiger partial charge >= 0.3 is 5.76 Å². The third-order valence-electron chi connectivity index (χ3n) is 3.94. The number of nitrogens with zero attached hydrogens (tertiary/aromatic N) is 1. The maximum Gasteiger partial charge on any atom is 0.438 e. The Balaban J connectivity index is 2.14. The summed E-state index contributed by atoms with van der Waals surface area (Å²) in [7, 11) is 0. The van der Waals surface area contributed by atoms with E-state index in [0.29, 0.717) is 30.6 Å². The second-order valence-corrected chi connectivity index (χ2v) is 5.29. The van der Waals surface area contributed by atoms with E-state index in [0.717, 1.165) is 12.8 Å². The molecule has 90 valence electrons. The van der Waals surface area contributed by atoms with Crippen molar-refractivity contribution in [1.29, 1.82) is 0 Å². The molecule has 16 heavy (non-hydrogen) atoms. The van der Waals surface area contributed by atoms with Crippen LogP contribution < -0.4 is 11.5 Å². The summed E-state index contributed by atoms with van der Waals surface area (Å²) in [4.78, 5) is 13.5. The Morgan fingerprint density at radius 2 is 2.12 bits per heavy atom. The Labute approximate surface area is 94.4 Å². The lowest BCUT2D eigenvalue weighted by Crippen LogP contribution is -2.31. The molecule has 3 N–H and O–H groups in total. The number of aromatic nitrogens is 2. The zero-order chi connectivity index (χ0) is 11.8. The van der Waals surface area contributed by atoms with E-state index in [-0.39, 0.29) is 5.41 Å². The fraction of sp³-hybridized carbons (Fsp3) is 0.818. The van der Waals surface area contributed by atoms with Gasteiger partial charge in [0, 0.05) is 6.42 Å². The van der Waals surface area contributed by atoms with Gasteiger partial charge in [-0.3, -0.25) is 9.51 Å². The van der Waals surface area contributed by atoms with E-state index >= 15 is 0 Å². The molecule has 0 spiro atoms. The average molecular weight is 225 g/mol. The summed E-state index contributed by atoms with van der Waals surface area (Å²) in [6, 6.07) is 0. The molecule has 0 unspecified atom stereocenters. The van der Waals surface area contributed by atoms with Gasteiger partial charge in [0.15, 0.2) is 5.82 Å². The Morgan fingerprint density at radius 1 is 1.50 bits per heavy atom. The van der Waals surface area contributed by atoms with Crippen LogP contribution >= 0.6 is 0 Å². The minimum atomic E-state index is -0.485. The molecule has 0 amide bonds. The summed E-state index contributed by atoms with van der Waals surface area (Å²) in [5, 5.41) is 3.72. The van der Waals surface area contributed by atoms with Crippen molar-refractivity contribution in [2.75, 3.05) is 6.54 Å². The van der Waals surface area contributed by atoms with Gasteiger partial charge in [0.1, 0.15) is 0 Å². The van der Waals surface area contributed by atoms with Gasteiger partial charge in [-0.15, -0.1) is 0 Å². The van der Waals surface area contributed by atoms with Crippen molar-refractivity contribution in [3.63, 3.8) is 0 Å². The highest BCUT2D eigenvalue weighted by Gasteiger charge is 2.41. The quantitative estimate of drug-likeness (QED) is 0.801. The molecule has 2 rings (SSSR count). The van der Waals surface area contributed by atoms with Crippen LogP contribution in [0.15, 0.2) is 9.32 Å². The van der Waals surface area contributed by atoms with E-state index in [2.05, 4.69) is 28.5 Å². The summed E-state index contributed by atoms with van der Waals surface area (Å²) in [6.07, 6.45) is 2.91. The summed E-state index contributed by atoms with van der Waals surface area (Å²) in [5.41, 5.74) is 5.98. The Kier molecular flexibility index (Phi) is 2.88. The number of nitrogens with one attached hydrogen (secondary N) is 1. The minimum Gasteiger partial charge on any atom is -0.330 e. The number of rotatable bonds is 3. The molecule has 0 saturated heterocycles. The Hall–Kier alpha value is -1.10. The molecule has 0 radical (unpaired) electrons. The first kappa shape index (κ1) is 11.4. The third-order valence-corrected chi connectivity index (χ3v) is 3.94. The molecule has 0 aliphatic heterocycles. The normalized spacial score (nSPS) is 28.4. The molecule has 1 aromatic rings. The third kappa shape index (κ3) is 2.04. The molecule has 5 heteroatoms. The number of nitrogens with two attached hydrogens (primary N) is 1. The molecule has 1 saturated carbocycles. The van der Waals surface area contributed by atoms with Crippen molar-refractivity contribution in [3.05, 3.63) is 16.4 Å². The highest BCUT2D eigenvalue weighted by molar-refractivity contribution is 4.98. The smallest absolute Gasteiger partial charge is 0.330 e. The van der Waals surface area contributed by atoms with Crippen LogP contribution in [0.25, 0.3) is 0 Å². The first-order valence-corrected chi connectivity index (χ1v) is 5.79. The predicted molar refractivity (Wildman–Crippen MR) is 59.9 cm³/mol. The molecular formula is C11H19N3O2. The maximum absolute atomic E-state index is 10.9. The molecule has 1 aliphatic rings. The Bertz CT molecular complexity index is 399. The van der Waals surface area contributed by atoms with Crippen molar-refractivity contribution < 1.29 is 4.52 Å². The van der Waals surface area contributed by atoms with E-state index in [1.54, 1.807) is 0 Å². The highest BCUT2D eigenvalue weighted by atomic mass is 16.5. The van der Waals surface area contributed by atoms with Crippen molar-refractivity contribution in [3.8, 4) is 0 Å². The molecular weight excluding hydrogens is 206 g/mol. The lowest BCUT2D eigenvalue weighted by atomic mass is 9.81. The van der Waals surface area contributed by atoms with Crippen LogP contribution in [-0.2, 0) is 6.42 Å². The lowest BCUT2D eigenvalue weighted by molar-refractivity contribution is 0.279. The van der Waals surface area contributed by atoms with Gasteiger partial charge in [-0.2, -0.15) is 0 Å². The van der Waals surface area contributed by atoms with Crippen LogP contribution in [0.5, 0.6) is 0 Å². The molecule has 5 nitrogen and oxygen atoms in total. The largest absolute Gasteiger partial charge is 0.438 e. The summed E-state index contributed by atoms with van der Waals surface area (Å²) >= 11 is 0. The van der Waals surface area contributed by atoms with Crippen LogP contribution in [-0.4, -0.2) is 16.7 Å². The molecule has 1 heterocycles. The van der Waals surface area contributed by atoms with E-state index in [9.17, 15) is 4.79 Å². The number of hydrogen-bond acceptors (Lipinski definition) is 4. The van der Waals surface area contributed by atoms with Gasteiger partial charge in [-0.1, -0.05) is 19.0 Å². The number of aromatic amines is 1. The van der Waals surface area contributed by atoms with Crippen molar-refractivity contribution in [2.45, 2.75) is 33.1 Å². The number of hydrogen-bond donors (Lipinski definition) is 2. The topological polar surface area (TPSA) is 84.9 Å². The van der Waals surface area contributed by atoms with Crippen LogP contribution in [0, 0.1) is 17.3 Å². The van der Waals surface area contributed by atoms with Crippen LogP contribution in [0.3, 0.4) is 0 Å². The summed E-state index contributed by atoms with van der Waals surface area (Å²) in [6.45, 7) is 5.15. The van der Waals surface area contributed by atoms with Crippen molar-refractivity contribution in [1.82, 2.24) is 10.1 Å². The van der Waals surface area contributed by atoms with Crippen LogP contribution in [0.4, 0.5) is 0 Å². The SMILES string of the molecule is C[C@H]1CC(CN)(Cc2noc(=O)[nH]2)C[C@@H]1C. The standard InChI is InChI=1S/C11H19N3O2/c1-7-3-11(6-12,4-8(7)2)5-9-13-10(15)16-14-9/h7-8H,3-6,12H2,1-2H3,(H,13,14,15)/t7-,8-/m0/s1. The number of H-pyrrole nitrogens is 1. The van der Waals surface area contributed by atoms with Crippen molar-refractivity contribution in [2.24, 2.45) is 23.0 Å². The zero-order valence-electron chi connectivity index (χ0n) is 9.82. The van der Waals surface area contributed by atoms with Gasteiger partial charge in [0.25, 0.3) is 0 Å². The molecule has 2 atom stereocenters. The van der Waals surface area contributed by atoms with Gasteiger partial charge in [0.2, 0.25) is 0 Å². The summed E-state index contributed by atoms with van der Waals surface area (Å²) in [5.74, 6) is 1.50. The second-order valence-electron chi connectivity index (χ2n) is 5.29. The highest BCUT2D eigenvalue weighted by Crippen LogP contribution is 2.46. The summed E-state index contributed by atoms with van der Waals surface area (Å²) < 4.78 is 4.52. The fourth-order valence-corrected chi connectivity index (χ4v) is 2.93. The van der Waals surface area contributed by atoms with E-state index in [1.807, 2.05) is 0 Å². The predicted octanol–water partition coefficient (Wildman–Crippen LogP) is 0.916.